The van der Waals surface area contributed by atoms with E-state index < -0.39 is 12.0 Å². The number of aliphatic carboxylic acids is 1. The molecule has 1 atom stereocenters. The van der Waals surface area contributed by atoms with E-state index in [4.69, 9.17) is 15.9 Å². The Bertz CT molecular complexity index is 256. The molecule has 0 radical (unpaired) electrons. The van der Waals surface area contributed by atoms with Crippen LogP contribution in [0.5, 0.6) is 5.95 Å². The van der Waals surface area contributed by atoms with E-state index in [1.807, 2.05) is 0 Å². The lowest BCUT2D eigenvalue weighted by Crippen LogP contribution is -2.34. The molecule has 1 unspecified atom stereocenters. The zero-order chi connectivity index (χ0) is 11.1. The highest BCUT2D eigenvalue weighted by atomic mass is 16.5. The van der Waals surface area contributed by atoms with Crippen molar-refractivity contribution in [1.82, 2.24) is 0 Å². The predicted molar refractivity (Wildman–Crippen MR) is 50.8 cm³/mol. The highest BCUT2D eigenvalue weighted by Crippen LogP contribution is 2.04. The molecule has 0 bridgehead atoms. The van der Waals surface area contributed by atoms with Gasteiger partial charge in [0.1, 0.15) is 6.04 Å². The maximum absolute atomic E-state index is 10.0. The number of carbonyl (C=O) groups is 1. The Morgan fingerprint density at radius 3 is 2.21 bits per heavy atom. The number of aromatic hydroxyl groups is 1. The van der Waals surface area contributed by atoms with Gasteiger partial charge in [-0.3, -0.25) is 4.79 Å². The van der Waals surface area contributed by atoms with E-state index in [1.165, 1.54) is 12.3 Å². The number of hydrogen-bond acceptors (Lipinski definition) is 4. The number of furan rings is 1. The maximum Gasteiger partial charge on any atom is 0.320 e. The normalized spacial score (nSPS) is 11.7. The largest absolute Gasteiger partial charge is 0.481 e. The van der Waals surface area contributed by atoms with Crippen LogP contribution in [-0.4, -0.2) is 22.2 Å². The number of hydrogen-bond donors (Lipinski definition) is 3. The lowest BCUT2D eigenvalue weighted by atomic mass is 10.1. The molecule has 0 aromatic carbocycles. The molecule has 0 aliphatic carbocycles. The van der Waals surface area contributed by atoms with Gasteiger partial charge < -0.3 is 20.4 Å². The highest BCUT2D eigenvalue weighted by molar-refractivity contribution is 5.73. The van der Waals surface area contributed by atoms with E-state index >= 15 is 0 Å². The van der Waals surface area contributed by atoms with Crippen LogP contribution in [0.1, 0.15) is 13.8 Å². The minimum atomic E-state index is -0.931. The first-order chi connectivity index (χ1) is 6.45. The van der Waals surface area contributed by atoms with Crippen molar-refractivity contribution < 1.29 is 19.4 Å². The maximum atomic E-state index is 10.0. The Balaban J connectivity index is 0.000000249. The summed E-state index contributed by atoms with van der Waals surface area (Å²) >= 11 is 0. The van der Waals surface area contributed by atoms with Crippen molar-refractivity contribution in [2.75, 3.05) is 0 Å². The summed E-state index contributed by atoms with van der Waals surface area (Å²) in [5, 5.41) is 16.5. The number of carboxylic acids is 1. The molecule has 80 valence electrons. The Morgan fingerprint density at radius 1 is 1.57 bits per heavy atom. The third kappa shape index (κ3) is 5.21. The van der Waals surface area contributed by atoms with Crippen molar-refractivity contribution in [2.24, 2.45) is 11.7 Å². The van der Waals surface area contributed by atoms with Crippen molar-refractivity contribution in [3.8, 4) is 5.95 Å². The van der Waals surface area contributed by atoms with Crippen LogP contribution >= 0.6 is 0 Å². The number of nitrogens with two attached hydrogens (primary N) is 1. The zero-order valence-electron chi connectivity index (χ0n) is 8.18. The minimum absolute atomic E-state index is 0.0208. The summed E-state index contributed by atoms with van der Waals surface area (Å²) in [6.45, 7) is 3.55. The van der Waals surface area contributed by atoms with Crippen molar-refractivity contribution in [3.05, 3.63) is 18.4 Å². The highest BCUT2D eigenvalue weighted by Gasteiger charge is 2.14. The smallest absolute Gasteiger partial charge is 0.320 e. The molecule has 0 aliphatic heterocycles. The minimum Gasteiger partial charge on any atom is -0.481 e. The Labute approximate surface area is 82.1 Å². The van der Waals surface area contributed by atoms with Crippen molar-refractivity contribution in [3.63, 3.8) is 0 Å². The first-order valence-electron chi connectivity index (χ1n) is 4.16. The van der Waals surface area contributed by atoms with E-state index in [0.29, 0.717) is 0 Å². The van der Waals surface area contributed by atoms with Gasteiger partial charge in [0, 0.05) is 6.07 Å². The summed E-state index contributed by atoms with van der Waals surface area (Å²) in [6, 6.07) is 2.38. The van der Waals surface area contributed by atoms with Gasteiger partial charge >= 0.3 is 5.97 Å². The lowest BCUT2D eigenvalue weighted by Gasteiger charge is -2.07. The Kier molecular flexibility index (Phi) is 5.40. The summed E-state index contributed by atoms with van der Waals surface area (Å²) in [6.07, 6.45) is 1.41. The van der Waals surface area contributed by atoms with Crippen LogP contribution in [0.4, 0.5) is 0 Å². The van der Waals surface area contributed by atoms with Gasteiger partial charge in [0.05, 0.1) is 6.26 Å². The fourth-order valence-electron chi connectivity index (χ4n) is 0.555. The van der Waals surface area contributed by atoms with Gasteiger partial charge in [-0.25, -0.2) is 0 Å². The molecule has 14 heavy (non-hydrogen) atoms. The SMILES string of the molecule is CC(C)C(N)C(=O)O.Oc1ccco1. The van der Waals surface area contributed by atoms with E-state index in [-0.39, 0.29) is 11.9 Å². The Hall–Kier alpha value is -1.49. The fraction of sp³-hybridized carbons (Fsp3) is 0.444. The van der Waals surface area contributed by atoms with Gasteiger partial charge in [0.25, 0.3) is 5.95 Å². The quantitative estimate of drug-likeness (QED) is 0.664. The second-order valence-corrected chi connectivity index (χ2v) is 3.06. The van der Waals surface area contributed by atoms with Crippen LogP contribution in [0.3, 0.4) is 0 Å². The van der Waals surface area contributed by atoms with Crippen LogP contribution < -0.4 is 5.73 Å². The molecular formula is C9H15NO4. The van der Waals surface area contributed by atoms with Crippen LogP contribution in [-0.2, 0) is 4.79 Å². The van der Waals surface area contributed by atoms with E-state index in [1.54, 1.807) is 19.9 Å². The van der Waals surface area contributed by atoms with Gasteiger partial charge in [0.2, 0.25) is 0 Å². The van der Waals surface area contributed by atoms with Gasteiger partial charge in [-0.15, -0.1) is 0 Å². The summed E-state index contributed by atoms with van der Waals surface area (Å²) in [7, 11) is 0. The van der Waals surface area contributed by atoms with Crippen LogP contribution in [0.2, 0.25) is 0 Å². The van der Waals surface area contributed by atoms with Gasteiger partial charge in [-0.05, 0) is 12.0 Å². The summed E-state index contributed by atoms with van der Waals surface area (Å²) < 4.78 is 4.39. The summed E-state index contributed by atoms with van der Waals surface area (Å²) in [5.41, 5.74) is 5.16. The molecular weight excluding hydrogens is 186 g/mol. The summed E-state index contributed by atoms with van der Waals surface area (Å²) in [5.74, 6) is -0.942. The van der Waals surface area contributed by atoms with Crippen LogP contribution in [0.25, 0.3) is 0 Å². The molecule has 5 nitrogen and oxygen atoms in total. The van der Waals surface area contributed by atoms with Crippen LogP contribution in [0.15, 0.2) is 22.8 Å². The fourth-order valence-corrected chi connectivity index (χ4v) is 0.555. The molecule has 1 heterocycles. The van der Waals surface area contributed by atoms with E-state index in [0.717, 1.165) is 0 Å². The van der Waals surface area contributed by atoms with Gasteiger partial charge in [-0.1, -0.05) is 13.8 Å². The first-order valence-corrected chi connectivity index (χ1v) is 4.16. The third-order valence-electron chi connectivity index (χ3n) is 1.51. The molecule has 1 rings (SSSR count). The molecule has 1 aromatic rings. The van der Waals surface area contributed by atoms with Crippen LogP contribution in [0, 0.1) is 5.92 Å². The first kappa shape index (κ1) is 12.5. The zero-order valence-corrected chi connectivity index (χ0v) is 8.18. The second-order valence-electron chi connectivity index (χ2n) is 3.06. The average molecular weight is 201 g/mol. The van der Waals surface area contributed by atoms with Crippen molar-refractivity contribution in [2.45, 2.75) is 19.9 Å². The summed E-state index contributed by atoms with van der Waals surface area (Å²) in [4.78, 5) is 10.0. The molecule has 5 heteroatoms. The average Bonchev–Trinajstić information content (AvgIpc) is 2.55. The molecule has 1 aromatic heterocycles. The predicted octanol–water partition coefficient (Wildman–Crippen LogP) is 1.04. The second kappa shape index (κ2) is 6.04. The number of carboxylic acid groups (broad SMARTS) is 1. The monoisotopic (exact) mass is 201 g/mol. The van der Waals surface area contributed by atoms with E-state index in [2.05, 4.69) is 4.42 Å². The lowest BCUT2D eigenvalue weighted by molar-refractivity contribution is -0.139. The number of rotatable bonds is 2. The standard InChI is InChI=1S/C5H11NO2.C4H4O2/c1-3(2)4(6)5(7)8;5-4-2-1-3-6-4/h3-4H,6H2,1-2H3,(H,7,8);1-3,5H. The van der Waals surface area contributed by atoms with E-state index in [9.17, 15) is 4.79 Å². The molecule has 0 saturated heterocycles. The third-order valence-corrected chi connectivity index (χ3v) is 1.51. The van der Waals surface area contributed by atoms with Gasteiger partial charge in [-0.2, -0.15) is 0 Å². The van der Waals surface area contributed by atoms with Gasteiger partial charge in [0.15, 0.2) is 0 Å². The molecule has 4 N–H and O–H groups in total. The molecule has 0 aliphatic rings. The molecule has 0 saturated carbocycles. The van der Waals surface area contributed by atoms with Crippen molar-refractivity contribution in [1.29, 1.82) is 0 Å². The molecule has 0 spiro atoms. The molecule has 0 fully saturated rings. The topological polar surface area (TPSA) is 96.7 Å². The molecule has 0 amide bonds. The van der Waals surface area contributed by atoms with Crippen molar-refractivity contribution >= 4 is 5.97 Å². The Morgan fingerprint density at radius 2 is 2.14 bits per heavy atom.